The molecule has 1 amide bonds. The van der Waals surface area contributed by atoms with Gasteiger partial charge in [-0.2, -0.15) is 0 Å². The Labute approximate surface area is 140 Å². The Morgan fingerprint density at radius 2 is 2.04 bits per heavy atom. The molecule has 5 nitrogen and oxygen atoms in total. The second-order valence-corrected chi connectivity index (χ2v) is 5.35. The van der Waals surface area contributed by atoms with E-state index in [9.17, 15) is 4.79 Å². The molecule has 0 aliphatic carbocycles. The zero-order valence-electron chi connectivity index (χ0n) is 13.7. The van der Waals surface area contributed by atoms with Gasteiger partial charge >= 0.3 is 0 Å². The third kappa shape index (κ3) is 3.51. The van der Waals surface area contributed by atoms with Gasteiger partial charge in [-0.15, -0.1) is 0 Å². The van der Waals surface area contributed by atoms with Crippen molar-refractivity contribution in [3.63, 3.8) is 0 Å². The predicted octanol–water partition coefficient (Wildman–Crippen LogP) is 3.29. The van der Waals surface area contributed by atoms with Crippen molar-refractivity contribution in [2.45, 2.75) is 6.42 Å². The van der Waals surface area contributed by atoms with Crippen molar-refractivity contribution >= 4 is 17.7 Å². The lowest BCUT2D eigenvalue weighted by Gasteiger charge is -2.10. The van der Waals surface area contributed by atoms with Crippen molar-refractivity contribution in [2.24, 2.45) is 0 Å². The lowest BCUT2D eigenvalue weighted by atomic mass is 10.1. The zero-order chi connectivity index (χ0) is 16.9. The molecule has 1 aliphatic rings. The fourth-order valence-electron chi connectivity index (χ4n) is 2.57. The lowest BCUT2D eigenvalue weighted by molar-refractivity contribution is -0.111. The van der Waals surface area contributed by atoms with E-state index in [1.807, 2.05) is 18.2 Å². The first kappa shape index (κ1) is 15.9. The van der Waals surface area contributed by atoms with Crippen LogP contribution in [0, 0.1) is 0 Å². The predicted molar refractivity (Wildman–Crippen MR) is 92.9 cm³/mol. The number of carbonyl (C=O) groups excluding carboxylic acids is 1. The molecule has 1 N–H and O–H groups in total. The molecule has 0 fully saturated rings. The average molecular weight is 325 g/mol. The summed E-state index contributed by atoms with van der Waals surface area (Å²) in [4.78, 5) is 12.2. The maximum Gasteiger partial charge on any atom is 0.248 e. The Kier molecular flexibility index (Phi) is 4.70. The molecule has 24 heavy (non-hydrogen) atoms. The van der Waals surface area contributed by atoms with Gasteiger partial charge < -0.3 is 19.5 Å². The number of hydrogen-bond acceptors (Lipinski definition) is 4. The van der Waals surface area contributed by atoms with Gasteiger partial charge in [-0.25, -0.2) is 0 Å². The quantitative estimate of drug-likeness (QED) is 0.857. The van der Waals surface area contributed by atoms with Crippen molar-refractivity contribution < 1.29 is 19.0 Å². The highest BCUT2D eigenvalue weighted by Gasteiger charge is 2.11. The van der Waals surface area contributed by atoms with Gasteiger partial charge in [0.25, 0.3) is 0 Å². The van der Waals surface area contributed by atoms with E-state index in [4.69, 9.17) is 14.2 Å². The maximum atomic E-state index is 12.2. The number of methoxy groups -OCH3 is 2. The molecule has 0 atom stereocenters. The van der Waals surface area contributed by atoms with E-state index in [0.29, 0.717) is 17.2 Å². The first-order valence-corrected chi connectivity index (χ1v) is 7.66. The van der Waals surface area contributed by atoms with E-state index >= 15 is 0 Å². The van der Waals surface area contributed by atoms with E-state index in [-0.39, 0.29) is 5.91 Å². The van der Waals surface area contributed by atoms with E-state index in [0.717, 1.165) is 24.3 Å². The van der Waals surface area contributed by atoms with Gasteiger partial charge in [0.1, 0.15) is 17.2 Å². The number of hydrogen-bond donors (Lipinski definition) is 1. The van der Waals surface area contributed by atoms with Crippen LogP contribution < -0.4 is 19.5 Å². The topological polar surface area (TPSA) is 56.8 Å². The van der Waals surface area contributed by atoms with Crippen molar-refractivity contribution in [1.82, 2.24) is 0 Å². The maximum absolute atomic E-state index is 12.2. The Bertz CT molecular complexity index is 783. The highest BCUT2D eigenvalue weighted by molar-refractivity contribution is 6.02. The third-order valence-corrected chi connectivity index (χ3v) is 3.81. The van der Waals surface area contributed by atoms with Gasteiger partial charge in [0.05, 0.1) is 26.5 Å². The molecule has 0 unspecified atom stereocenters. The largest absolute Gasteiger partial charge is 0.497 e. The van der Waals surface area contributed by atoms with E-state index < -0.39 is 0 Å². The fraction of sp³-hybridized carbons (Fsp3) is 0.211. The van der Waals surface area contributed by atoms with Crippen molar-refractivity contribution in [2.75, 3.05) is 26.1 Å². The van der Waals surface area contributed by atoms with Crippen LogP contribution in [0.2, 0.25) is 0 Å². The van der Waals surface area contributed by atoms with Crippen molar-refractivity contribution in [1.29, 1.82) is 0 Å². The molecule has 1 aliphatic heterocycles. The summed E-state index contributed by atoms with van der Waals surface area (Å²) >= 11 is 0. The number of nitrogens with one attached hydrogen (secondary N) is 1. The highest BCUT2D eigenvalue weighted by atomic mass is 16.5. The van der Waals surface area contributed by atoms with Crippen LogP contribution in [0.3, 0.4) is 0 Å². The molecule has 0 saturated carbocycles. The Morgan fingerprint density at radius 3 is 2.83 bits per heavy atom. The molecular formula is C19H19NO4. The van der Waals surface area contributed by atoms with Crippen LogP contribution >= 0.6 is 0 Å². The number of benzene rings is 2. The lowest BCUT2D eigenvalue weighted by Crippen LogP contribution is -2.09. The molecule has 0 spiro atoms. The Balaban J connectivity index is 1.71. The molecule has 1 heterocycles. The minimum absolute atomic E-state index is 0.238. The van der Waals surface area contributed by atoms with Gasteiger partial charge in [0, 0.05) is 18.6 Å². The molecule has 0 radical (unpaired) electrons. The van der Waals surface area contributed by atoms with Gasteiger partial charge in [-0.3, -0.25) is 4.79 Å². The van der Waals surface area contributed by atoms with Crippen LogP contribution in [0.5, 0.6) is 17.2 Å². The first-order valence-electron chi connectivity index (χ1n) is 7.66. The molecule has 3 rings (SSSR count). The van der Waals surface area contributed by atoms with Crippen LogP contribution in [-0.4, -0.2) is 26.7 Å². The van der Waals surface area contributed by atoms with Crippen molar-refractivity contribution in [3.05, 3.63) is 53.6 Å². The molecule has 2 aromatic carbocycles. The zero-order valence-corrected chi connectivity index (χ0v) is 13.7. The molecule has 124 valence electrons. The number of rotatable bonds is 5. The molecule has 2 aromatic rings. The molecule has 0 saturated heterocycles. The number of anilines is 1. The second kappa shape index (κ2) is 7.08. The van der Waals surface area contributed by atoms with Gasteiger partial charge in [0.15, 0.2) is 0 Å². The van der Waals surface area contributed by atoms with Gasteiger partial charge in [-0.1, -0.05) is 6.07 Å². The fourth-order valence-corrected chi connectivity index (χ4v) is 2.57. The van der Waals surface area contributed by atoms with Crippen LogP contribution in [-0.2, 0) is 11.2 Å². The second-order valence-electron chi connectivity index (χ2n) is 5.35. The normalized spacial score (nSPS) is 12.6. The van der Waals surface area contributed by atoms with Crippen LogP contribution in [0.1, 0.15) is 11.1 Å². The van der Waals surface area contributed by atoms with Crippen LogP contribution in [0.25, 0.3) is 6.08 Å². The Morgan fingerprint density at radius 1 is 1.17 bits per heavy atom. The minimum Gasteiger partial charge on any atom is -0.497 e. The molecule has 0 bridgehead atoms. The van der Waals surface area contributed by atoms with Crippen LogP contribution in [0.15, 0.2) is 42.5 Å². The summed E-state index contributed by atoms with van der Waals surface area (Å²) in [6, 6.07) is 11.1. The molecular weight excluding hydrogens is 306 g/mol. The summed E-state index contributed by atoms with van der Waals surface area (Å²) in [5.74, 6) is 1.91. The van der Waals surface area contributed by atoms with Gasteiger partial charge in [0.2, 0.25) is 5.91 Å². The SMILES string of the molecule is COc1ccc(OC)c(NC(=O)/C=C/c2ccc3c(c2)CCO3)c1. The van der Waals surface area contributed by atoms with E-state index in [2.05, 4.69) is 5.32 Å². The smallest absolute Gasteiger partial charge is 0.248 e. The number of carbonyl (C=O) groups is 1. The third-order valence-electron chi connectivity index (χ3n) is 3.81. The highest BCUT2D eigenvalue weighted by Crippen LogP contribution is 2.29. The summed E-state index contributed by atoms with van der Waals surface area (Å²) in [5, 5.41) is 2.80. The van der Waals surface area contributed by atoms with Crippen LogP contribution in [0.4, 0.5) is 5.69 Å². The van der Waals surface area contributed by atoms with Crippen molar-refractivity contribution in [3.8, 4) is 17.2 Å². The summed E-state index contributed by atoms with van der Waals surface area (Å²) in [6.45, 7) is 0.721. The summed E-state index contributed by atoms with van der Waals surface area (Å²) in [6.07, 6.45) is 4.18. The molecule has 5 heteroatoms. The first-order chi connectivity index (χ1) is 11.7. The summed E-state index contributed by atoms with van der Waals surface area (Å²) < 4.78 is 15.9. The average Bonchev–Trinajstić information content (AvgIpc) is 3.07. The summed E-state index contributed by atoms with van der Waals surface area (Å²) in [5.41, 5.74) is 2.70. The number of ether oxygens (including phenoxy) is 3. The van der Waals surface area contributed by atoms with Gasteiger partial charge in [-0.05, 0) is 41.5 Å². The number of amides is 1. The standard InChI is InChI=1S/C19H19NO4/c1-22-15-5-7-18(23-2)16(12-15)20-19(21)8-4-13-3-6-17-14(11-13)9-10-24-17/h3-8,11-12H,9-10H2,1-2H3,(H,20,21)/b8-4+. The number of fused-ring (bicyclic) bond motifs is 1. The summed E-state index contributed by atoms with van der Waals surface area (Å²) in [7, 11) is 3.13. The minimum atomic E-state index is -0.238. The Hall–Kier alpha value is -2.95. The van der Waals surface area contributed by atoms with E-state index in [1.165, 1.54) is 11.6 Å². The molecule has 0 aromatic heterocycles. The van der Waals surface area contributed by atoms with E-state index in [1.54, 1.807) is 38.5 Å². The monoisotopic (exact) mass is 325 g/mol.